The van der Waals surface area contributed by atoms with E-state index in [-0.39, 0.29) is 6.10 Å². The van der Waals surface area contributed by atoms with E-state index in [2.05, 4.69) is 24.1 Å². The summed E-state index contributed by atoms with van der Waals surface area (Å²) in [5, 5.41) is 12.6. The summed E-state index contributed by atoms with van der Waals surface area (Å²) in [4.78, 5) is 2.31. The molecule has 1 aliphatic rings. The summed E-state index contributed by atoms with van der Waals surface area (Å²) >= 11 is 0. The van der Waals surface area contributed by atoms with Crippen LogP contribution in [0.2, 0.25) is 0 Å². The van der Waals surface area contributed by atoms with Crippen LogP contribution in [0.3, 0.4) is 0 Å². The van der Waals surface area contributed by atoms with E-state index in [0.29, 0.717) is 6.04 Å². The van der Waals surface area contributed by atoms with E-state index in [1.54, 1.807) is 0 Å². The Labute approximate surface area is 74.8 Å². The third-order valence-corrected chi connectivity index (χ3v) is 2.23. The molecule has 0 spiro atoms. The fourth-order valence-corrected chi connectivity index (χ4v) is 1.53. The minimum Gasteiger partial charge on any atom is -0.392 e. The molecule has 1 saturated heterocycles. The first-order chi connectivity index (χ1) is 5.68. The Hall–Kier alpha value is -0.120. The third kappa shape index (κ3) is 3.52. The second-order valence-corrected chi connectivity index (χ2v) is 3.85. The van der Waals surface area contributed by atoms with Crippen molar-refractivity contribution in [2.24, 2.45) is 0 Å². The smallest absolute Gasteiger partial charge is 0.0679 e. The zero-order valence-corrected chi connectivity index (χ0v) is 8.08. The normalized spacial score (nSPS) is 25.5. The number of aliphatic hydroxyl groups excluding tert-OH is 1. The van der Waals surface area contributed by atoms with Gasteiger partial charge in [-0.2, -0.15) is 0 Å². The Bertz CT molecular complexity index is 128. The van der Waals surface area contributed by atoms with Crippen LogP contribution in [0.15, 0.2) is 0 Å². The lowest BCUT2D eigenvalue weighted by atomic mass is 10.3. The van der Waals surface area contributed by atoms with Crippen LogP contribution in [0.4, 0.5) is 0 Å². The zero-order chi connectivity index (χ0) is 8.97. The third-order valence-electron chi connectivity index (χ3n) is 2.23. The predicted molar refractivity (Wildman–Crippen MR) is 50.2 cm³/mol. The van der Waals surface area contributed by atoms with Crippen LogP contribution < -0.4 is 5.32 Å². The van der Waals surface area contributed by atoms with Crippen molar-refractivity contribution in [2.75, 3.05) is 26.2 Å². The molecular formula is C9H20N2O. The molecule has 1 rings (SSSR count). The van der Waals surface area contributed by atoms with Crippen LogP contribution >= 0.6 is 0 Å². The van der Waals surface area contributed by atoms with Crippen LogP contribution in [0.5, 0.6) is 0 Å². The Morgan fingerprint density at radius 1 is 1.58 bits per heavy atom. The number of hydrogen-bond acceptors (Lipinski definition) is 3. The minimum absolute atomic E-state index is 0.0796. The molecule has 0 unspecified atom stereocenters. The number of likely N-dealkylation sites (tertiary alicyclic amines) is 1. The van der Waals surface area contributed by atoms with Crippen LogP contribution in [0.25, 0.3) is 0 Å². The van der Waals surface area contributed by atoms with Gasteiger partial charge in [0.15, 0.2) is 0 Å². The summed E-state index contributed by atoms with van der Waals surface area (Å²) in [5.74, 6) is 0. The Morgan fingerprint density at radius 3 is 2.83 bits per heavy atom. The number of nitrogens with zero attached hydrogens (tertiary/aromatic N) is 1. The van der Waals surface area contributed by atoms with Gasteiger partial charge in [-0.15, -0.1) is 0 Å². The maximum atomic E-state index is 9.25. The van der Waals surface area contributed by atoms with Gasteiger partial charge in [0.05, 0.1) is 6.10 Å². The van der Waals surface area contributed by atoms with E-state index in [1.165, 1.54) is 0 Å². The molecular weight excluding hydrogens is 152 g/mol. The van der Waals surface area contributed by atoms with Crippen molar-refractivity contribution in [2.45, 2.75) is 32.4 Å². The van der Waals surface area contributed by atoms with Gasteiger partial charge < -0.3 is 10.4 Å². The molecule has 0 bridgehead atoms. The Kier molecular flexibility index (Phi) is 3.98. The van der Waals surface area contributed by atoms with Crippen LogP contribution in [-0.2, 0) is 0 Å². The first kappa shape index (κ1) is 9.96. The fourth-order valence-electron chi connectivity index (χ4n) is 1.53. The highest BCUT2D eigenvalue weighted by molar-refractivity contribution is 4.74. The SMILES string of the molecule is CC(C)NCCN1CC[C@H](O)C1. The van der Waals surface area contributed by atoms with Gasteiger partial charge in [0.25, 0.3) is 0 Å². The second-order valence-electron chi connectivity index (χ2n) is 3.85. The van der Waals surface area contributed by atoms with Crippen molar-refractivity contribution >= 4 is 0 Å². The van der Waals surface area contributed by atoms with Crippen molar-refractivity contribution in [1.29, 1.82) is 0 Å². The lowest BCUT2D eigenvalue weighted by Gasteiger charge is -2.16. The molecule has 0 aliphatic carbocycles. The standard InChI is InChI=1S/C9H20N2O/c1-8(2)10-4-6-11-5-3-9(12)7-11/h8-10,12H,3-7H2,1-2H3/t9-/m0/s1. The topological polar surface area (TPSA) is 35.5 Å². The number of aliphatic hydroxyl groups is 1. The van der Waals surface area contributed by atoms with Crippen LogP contribution in [0, 0.1) is 0 Å². The summed E-state index contributed by atoms with van der Waals surface area (Å²) in [6.07, 6.45) is 0.867. The number of rotatable bonds is 4. The first-order valence-electron chi connectivity index (χ1n) is 4.82. The number of hydrogen-bond donors (Lipinski definition) is 2. The molecule has 3 nitrogen and oxygen atoms in total. The number of nitrogens with one attached hydrogen (secondary N) is 1. The van der Waals surface area contributed by atoms with Gasteiger partial charge in [-0.25, -0.2) is 0 Å². The molecule has 3 heteroatoms. The van der Waals surface area contributed by atoms with E-state index in [4.69, 9.17) is 0 Å². The highest BCUT2D eigenvalue weighted by Crippen LogP contribution is 2.06. The van der Waals surface area contributed by atoms with E-state index in [1.807, 2.05) is 0 Å². The molecule has 72 valence electrons. The van der Waals surface area contributed by atoms with Crippen molar-refractivity contribution in [3.8, 4) is 0 Å². The maximum Gasteiger partial charge on any atom is 0.0679 e. The van der Waals surface area contributed by atoms with Gasteiger partial charge in [0, 0.05) is 32.2 Å². The predicted octanol–water partition coefficient (Wildman–Crippen LogP) is 0.0510. The van der Waals surface area contributed by atoms with E-state index in [0.717, 1.165) is 32.6 Å². The highest BCUT2D eigenvalue weighted by Gasteiger charge is 2.18. The quantitative estimate of drug-likeness (QED) is 0.629. The Balaban J connectivity index is 2.00. The molecule has 0 aromatic heterocycles. The van der Waals surface area contributed by atoms with Crippen molar-refractivity contribution in [3.05, 3.63) is 0 Å². The van der Waals surface area contributed by atoms with Crippen LogP contribution in [0.1, 0.15) is 20.3 Å². The molecule has 0 saturated carbocycles. The maximum absolute atomic E-state index is 9.25. The largest absolute Gasteiger partial charge is 0.392 e. The molecule has 1 atom stereocenters. The fraction of sp³-hybridized carbons (Fsp3) is 1.00. The zero-order valence-electron chi connectivity index (χ0n) is 8.08. The minimum atomic E-state index is -0.0796. The molecule has 0 aromatic carbocycles. The number of β-amino-alcohol motifs (C(OH)–C–C–N with tert-alkyl or cyclic N) is 1. The summed E-state index contributed by atoms with van der Waals surface area (Å²) in [7, 11) is 0. The summed E-state index contributed by atoms with van der Waals surface area (Å²) < 4.78 is 0. The second kappa shape index (κ2) is 4.80. The molecule has 0 amide bonds. The average Bonchev–Trinajstić information content (AvgIpc) is 2.35. The summed E-state index contributed by atoms with van der Waals surface area (Å²) in [5.41, 5.74) is 0. The van der Waals surface area contributed by atoms with Gasteiger partial charge in [0.2, 0.25) is 0 Å². The van der Waals surface area contributed by atoms with Gasteiger partial charge in [0.1, 0.15) is 0 Å². The highest BCUT2D eigenvalue weighted by atomic mass is 16.3. The van der Waals surface area contributed by atoms with Gasteiger partial charge in [-0.1, -0.05) is 13.8 Å². The lowest BCUT2D eigenvalue weighted by Crippen LogP contribution is -2.34. The Morgan fingerprint density at radius 2 is 2.33 bits per heavy atom. The molecule has 1 fully saturated rings. The molecule has 12 heavy (non-hydrogen) atoms. The van der Waals surface area contributed by atoms with Crippen molar-refractivity contribution < 1.29 is 5.11 Å². The molecule has 2 N–H and O–H groups in total. The van der Waals surface area contributed by atoms with E-state index in [9.17, 15) is 5.11 Å². The van der Waals surface area contributed by atoms with E-state index < -0.39 is 0 Å². The first-order valence-corrected chi connectivity index (χ1v) is 4.82. The average molecular weight is 172 g/mol. The van der Waals surface area contributed by atoms with Crippen LogP contribution in [-0.4, -0.2) is 48.3 Å². The van der Waals surface area contributed by atoms with Gasteiger partial charge >= 0.3 is 0 Å². The van der Waals surface area contributed by atoms with E-state index >= 15 is 0 Å². The van der Waals surface area contributed by atoms with Gasteiger partial charge in [-0.3, -0.25) is 4.90 Å². The van der Waals surface area contributed by atoms with Gasteiger partial charge in [-0.05, 0) is 6.42 Å². The monoisotopic (exact) mass is 172 g/mol. The molecule has 1 aliphatic heterocycles. The van der Waals surface area contributed by atoms with Crippen molar-refractivity contribution in [3.63, 3.8) is 0 Å². The molecule has 0 aromatic rings. The summed E-state index contributed by atoms with van der Waals surface area (Å²) in [6.45, 7) is 8.32. The molecule has 0 radical (unpaired) electrons. The van der Waals surface area contributed by atoms with Crippen molar-refractivity contribution in [1.82, 2.24) is 10.2 Å². The summed E-state index contributed by atoms with van der Waals surface area (Å²) in [6, 6.07) is 0.567. The molecule has 1 heterocycles. The lowest BCUT2D eigenvalue weighted by molar-refractivity contribution is 0.176.